The summed E-state index contributed by atoms with van der Waals surface area (Å²) in [6, 6.07) is 6.23. The highest BCUT2D eigenvalue weighted by molar-refractivity contribution is 9.09. The first-order valence-corrected chi connectivity index (χ1v) is 7.99. The Morgan fingerprint density at radius 2 is 2.11 bits per heavy atom. The lowest BCUT2D eigenvalue weighted by molar-refractivity contribution is 0.130. The Hall–Kier alpha value is -0.370. The molecule has 0 radical (unpaired) electrons. The predicted molar refractivity (Wildman–Crippen MR) is 81.1 cm³/mol. The molecular weight excluding hydrogens is 286 g/mol. The Balaban J connectivity index is 2.13. The minimum atomic E-state index is 0.454. The van der Waals surface area contributed by atoms with Crippen molar-refractivity contribution in [3.05, 3.63) is 30.1 Å². The Labute approximate surface area is 120 Å². The number of hydrogen-bond donors (Lipinski definition) is 0. The van der Waals surface area contributed by atoms with Gasteiger partial charge in [0.15, 0.2) is 0 Å². The van der Waals surface area contributed by atoms with Gasteiger partial charge in [-0.15, -0.1) is 0 Å². The maximum atomic E-state index is 4.51. The van der Waals surface area contributed by atoms with E-state index in [0.29, 0.717) is 16.2 Å². The topological polar surface area (TPSA) is 12.9 Å². The molecule has 0 spiro atoms. The number of halogens is 1. The fraction of sp³-hybridized carbons (Fsp3) is 0.688. The highest BCUT2D eigenvalue weighted by atomic mass is 79.9. The Bertz CT molecular complexity index is 374. The predicted octanol–water partition coefficient (Wildman–Crippen LogP) is 5.17. The largest absolute Gasteiger partial charge is 0.261 e. The lowest BCUT2D eigenvalue weighted by Gasteiger charge is -2.43. The van der Waals surface area contributed by atoms with E-state index in [9.17, 15) is 0 Å². The molecule has 0 saturated heterocycles. The van der Waals surface area contributed by atoms with Crippen molar-refractivity contribution in [3.63, 3.8) is 0 Å². The second-order valence-corrected chi connectivity index (χ2v) is 7.39. The summed E-state index contributed by atoms with van der Waals surface area (Å²) in [6.45, 7) is 7.15. The molecule has 0 aromatic carbocycles. The molecule has 100 valence electrons. The smallest absolute Gasteiger partial charge is 0.0443 e. The molecule has 1 fully saturated rings. The SMILES string of the molecule is CC(c1ccccn1)C(Br)C1CCCCC1(C)C. The average Bonchev–Trinajstić information content (AvgIpc) is 2.37. The van der Waals surface area contributed by atoms with Crippen LogP contribution in [0.3, 0.4) is 0 Å². The van der Waals surface area contributed by atoms with Crippen LogP contribution in [0.1, 0.15) is 58.1 Å². The molecule has 2 rings (SSSR count). The van der Waals surface area contributed by atoms with Crippen LogP contribution in [-0.2, 0) is 0 Å². The van der Waals surface area contributed by atoms with Crippen LogP contribution in [0.25, 0.3) is 0 Å². The second kappa shape index (κ2) is 5.73. The molecule has 18 heavy (non-hydrogen) atoms. The van der Waals surface area contributed by atoms with Crippen LogP contribution in [0.15, 0.2) is 24.4 Å². The fourth-order valence-electron chi connectivity index (χ4n) is 3.27. The molecule has 1 heterocycles. The minimum absolute atomic E-state index is 0.454. The van der Waals surface area contributed by atoms with Crippen molar-refractivity contribution in [3.8, 4) is 0 Å². The van der Waals surface area contributed by atoms with E-state index in [1.807, 2.05) is 12.3 Å². The van der Waals surface area contributed by atoms with E-state index in [1.165, 1.54) is 31.4 Å². The summed E-state index contributed by atoms with van der Waals surface area (Å²) < 4.78 is 0. The minimum Gasteiger partial charge on any atom is -0.261 e. The summed E-state index contributed by atoms with van der Waals surface area (Å²) in [5.41, 5.74) is 1.66. The highest BCUT2D eigenvalue weighted by Crippen LogP contribution is 2.47. The van der Waals surface area contributed by atoms with Gasteiger partial charge in [-0.1, -0.05) is 55.6 Å². The molecule has 1 aromatic rings. The first-order valence-electron chi connectivity index (χ1n) is 7.07. The molecule has 0 N–H and O–H groups in total. The van der Waals surface area contributed by atoms with E-state index in [0.717, 1.165) is 5.92 Å². The van der Waals surface area contributed by atoms with Gasteiger partial charge in [0.1, 0.15) is 0 Å². The molecular formula is C16H24BrN. The van der Waals surface area contributed by atoms with Gasteiger partial charge in [0.25, 0.3) is 0 Å². The van der Waals surface area contributed by atoms with Crippen LogP contribution >= 0.6 is 15.9 Å². The average molecular weight is 310 g/mol. The lowest BCUT2D eigenvalue weighted by Crippen LogP contribution is -2.36. The van der Waals surface area contributed by atoms with Gasteiger partial charge >= 0.3 is 0 Å². The first kappa shape index (κ1) is 14.0. The van der Waals surface area contributed by atoms with E-state index < -0.39 is 0 Å². The van der Waals surface area contributed by atoms with Gasteiger partial charge in [-0.05, 0) is 36.3 Å². The van der Waals surface area contributed by atoms with Crippen molar-refractivity contribution in [1.29, 1.82) is 0 Å². The van der Waals surface area contributed by atoms with Crippen molar-refractivity contribution >= 4 is 15.9 Å². The van der Waals surface area contributed by atoms with Gasteiger partial charge in [0.05, 0.1) is 0 Å². The van der Waals surface area contributed by atoms with Crippen molar-refractivity contribution in [1.82, 2.24) is 4.98 Å². The Morgan fingerprint density at radius 1 is 1.33 bits per heavy atom. The van der Waals surface area contributed by atoms with Gasteiger partial charge < -0.3 is 0 Å². The number of pyridine rings is 1. The third-order valence-corrected chi connectivity index (χ3v) is 6.04. The number of hydrogen-bond acceptors (Lipinski definition) is 1. The van der Waals surface area contributed by atoms with Crippen molar-refractivity contribution in [2.24, 2.45) is 11.3 Å². The molecule has 0 amide bonds. The van der Waals surface area contributed by atoms with Crippen molar-refractivity contribution < 1.29 is 0 Å². The molecule has 3 unspecified atom stereocenters. The number of alkyl halides is 1. The Kier molecular flexibility index (Phi) is 4.47. The lowest BCUT2D eigenvalue weighted by atomic mass is 9.66. The van der Waals surface area contributed by atoms with Gasteiger partial charge in [-0.25, -0.2) is 0 Å². The summed E-state index contributed by atoms with van der Waals surface area (Å²) in [5.74, 6) is 1.23. The molecule has 1 aromatic heterocycles. The van der Waals surface area contributed by atoms with Crippen molar-refractivity contribution in [2.75, 3.05) is 0 Å². The normalized spacial score (nSPS) is 26.6. The monoisotopic (exact) mass is 309 g/mol. The standard InChI is InChI=1S/C16H24BrN/c1-12(14-9-5-7-11-18-14)15(17)13-8-4-6-10-16(13,2)3/h5,7,9,11-13,15H,4,6,8,10H2,1-3H3. The zero-order valence-electron chi connectivity index (χ0n) is 11.7. The molecule has 1 aliphatic rings. The van der Waals surface area contributed by atoms with Crippen LogP contribution in [0.5, 0.6) is 0 Å². The van der Waals surface area contributed by atoms with Crippen molar-refractivity contribution in [2.45, 2.75) is 57.2 Å². The molecule has 0 aliphatic heterocycles. The number of nitrogens with zero attached hydrogens (tertiary/aromatic N) is 1. The molecule has 1 saturated carbocycles. The molecule has 0 bridgehead atoms. The third-order valence-electron chi connectivity index (χ3n) is 4.61. The zero-order valence-corrected chi connectivity index (χ0v) is 13.3. The molecule has 3 atom stereocenters. The van der Waals surface area contributed by atoms with Crippen LogP contribution in [0.2, 0.25) is 0 Å². The van der Waals surface area contributed by atoms with Crippen LogP contribution in [0, 0.1) is 11.3 Å². The van der Waals surface area contributed by atoms with Gasteiger partial charge in [0, 0.05) is 22.6 Å². The van der Waals surface area contributed by atoms with E-state index in [1.54, 1.807) is 0 Å². The number of rotatable bonds is 3. The molecule has 2 heteroatoms. The fourth-order valence-corrected chi connectivity index (χ4v) is 4.52. The summed E-state index contributed by atoms with van der Waals surface area (Å²) in [7, 11) is 0. The maximum absolute atomic E-state index is 4.51. The van der Waals surface area contributed by atoms with Gasteiger partial charge in [-0.2, -0.15) is 0 Å². The van der Waals surface area contributed by atoms with E-state index in [4.69, 9.17) is 0 Å². The number of aromatic nitrogens is 1. The highest BCUT2D eigenvalue weighted by Gasteiger charge is 2.38. The molecule has 1 aliphatic carbocycles. The second-order valence-electron chi connectivity index (χ2n) is 6.33. The van der Waals surface area contributed by atoms with E-state index >= 15 is 0 Å². The molecule has 1 nitrogen and oxygen atoms in total. The maximum Gasteiger partial charge on any atom is 0.0443 e. The van der Waals surface area contributed by atoms with E-state index in [2.05, 4.69) is 53.8 Å². The summed E-state index contributed by atoms with van der Waals surface area (Å²) >= 11 is 3.98. The van der Waals surface area contributed by atoms with Crippen LogP contribution in [-0.4, -0.2) is 9.81 Å². The van der Waals surface area contributed by atoms with Crippen LogP contribution < -0.4 is 0 Å². The third kappa shape index (κ3) is 2.96. The zero-order chi connectivity index (χ0) is 13.2. The first-order chi connectivity index (χ1) is 8.52. The summed E-state index contributed by atoms with van der Waals surface area (Å²) in [6.07, 6.45) is 7.37. The van der Waals surface area contributed by atoms with Gasteiger partial charge in [0.2, 0.25) is 0 Å². The van der Waals surface area contributed by atoms with Crippen LogP contribution in [0.4, 0.5) is 0 Å². The summed E-state index contributed by atoms with van der Waals surface area (Å²) in [5, 5.41) is 0. The van der Waals surface area contributed by atoms with Gasteiger partial charge in [-0.3, -0.25) is 4.98 Å². The Morgan fingerprint density at radius 3 is 2.72 bits per heavy atom. The quantitative estimate of drug-likeness (QED) is 0.702. The van der Waals surface area contributed by atoms with E-state index in [-0.39, 0.29) is 0 Å². The summed E-state index contributed by atoms with van der Waals surface area (Å²) in [4.78, 5) is 5.04.